The highest BCUT2D eigenvalue weighted by Crippen LogP contribution is 2.51. The van der Waals surface area contributed by atoms with Crippen LogP contribution in [0.25, 0.3) is 23.8 Å². The third-order valence-corrected chi connectivity index (χ3v) is 9.84. The number of hydrogen-bond acceptors (Lipinski definition) is 5. The molecule has 0 spiro atoms. The van der Waals surface area contributed by atoms with Crippen LogP contribution in [0.2, 0.25) is 0 Å². The van der Waals surface area contributed by atoms with E-state index in [-0.39, 0.29) is 21.2 Å². The van der Waals surface area contributed by atoms with Crippen LogP contribution < -0.4 is 0 Å². The van der Waals surface area contributed by atoms with Gasteiger partial charge < -0.3 is 0 Å². The van der Waals surface area contributed by atoms with Gasteiger partial charge in [-0.1, -0.05) is 128 Å². The Labute approximate surface area is 303 Å². The van der Waals surface area contributed by atoms with E-state index in [4.69, 9.17) is 4.99 Å². The van der Waals surface area contributed by atoms with Gasteiger partial charge in [0.1, 0.15) is 0 Å². The van der Waals surface area contributed by atoms with Crippen molar-refractivity contribution in [2.75, 3.05) is 0 Å². The van der Waals surface area contributed by atoms with E-state index in [1.54, 1.807) is 18.2 Å². The summed E-state index contributed by atoms with van der Waals surface area (Å²) in [7, 11) is 0. The smallest absolute Gasteiger partial charge is 0.259 e. The first-order chi connectivity index (χ1) is 25.2. The molecule has 7 heteroatoms. The number of fused-ring (bicyclic) bond motifs is 2. The van der Waals surface area contributed by atoms with Gasteiger partial charge in [-0.3, -0.25) is 20.2 Å². The van der Waals surface area contributed by atoms with Crippen molar-refractivity contribution in [2.24, 2.45) is 10.4 Å². The third kappa shape index (κ3) is 6.94. The fourth-order valence-corrected chi connectivity index (χ4v) is 7.09. The van der Waals surface area contributed by atoms with Crippen LogP contribution in [0.3, 0.4) is 0 Å². The van der Waals surface area contributed by atoms with Gasteiger partial charge in [0.15, 0.2) is 0 Å². The second-order valence-corrected chi connectivity index (χ2v) is 13.4. The van der Waals surface area contributed by atoms with E-state index in [0.29, 0.717) is 28.8 Å². The molecule has 7 rings (SSSR count). The highest BCUT2D eigenvalue weighted by molar-refractivity contribution is 6.26. The van der Waals surface area contributed by atoms with Crippen LogP contribution in [-0.2, 0) is 12.8 Å². The van der Waals surface area contributed by atoms with Crippen LogP contribution >= 0.6 is 0 Å². The van der Waals surface area contributed by atoms with Gasteiger partial charge in [-0.25, -0.2) is 4.99 Å². The van der Waals surface area contributed by atoms with E-state index in [1.807, 2.05) is 116 Å². The lowest BCUT2D eigenvalue weighted by molar-refractivity contribution is -0.438. The molecule has 1 atom stereocenters. The number of nitro groups is 2. The first kappa shape index (κ1) is 34.0. The first-order valence-electron chi connectivity index (χ1n) is 17.4. The van der Waals surface area contributed by atoms with Gasteiger partial charge in [-0.05, 0) is 83.3 Å². The van der Waals surface area contributed by atoms with Gasteiger partial charge >= 0.3 is 0 Å². The predicted molar refractivity (Wildman–Crippen MR) is 210 cm³/mol. The molecule has 0 radical (unpaired) electrons. The maximum atomic E-state index is 12.8. The first-order valence-corrected chi connectivity index (χ1v) is 17.4. The van der Waals surface area contributed by atoms with Crippen molar-refractivity contribution in [3.63, 3.8) is 0 Å². The summed E-state index contributed by atoms with van der Waals surface area (Å²) >= 11 is 0. The van der Waals surface area contributed by atoms with E-state index >= 15 is 0 Å². The summed E-state index contributed by atoms with van der Waals surface area (Å²) in [4.78, 5) is 29.8. The Morgan fingerprint density at radius 3 is 2.02 bits per heavy atom. The van der Waals surface area contributed by atoms with Crippen LogP contribution in [-0.4, -0.2) is 15.6 Å². The highest BCUT2D eigenvalue weighted by Gasteiger charge is 2.45. The normalized spacial score (nSPS) is 17.4. The minimum atomic E-state index is -0.958. The van der Waals surface area contributed by atoms with Crippen LogP contribution in [0.15, 0.2) is 150 Å². The average molecular weight is 684 g/mol. The van der Waals surface area contributed by atoms with Crippen molar-refractivity contribution in [2.45, 2.75) is 33.1 Å². The lowest BCUT2D eigenvalue weighted by Gasteiger charge is -2.28. The standard InChI is InChI=1S/C45H37N3O4/c1-3-35-26-34(25-33-17-11-6-12-18-33)20-22-41(35)46-44-38-28-42(47(49)50)36(21-19-31-13-7-4-8-14-31)27-37(38)40-30-45(2,43(48(51)52)29-39(40)44)24-23-32-15-9-5-10-16-32/h4-24,26-29H,3,25,30H2,1-2H3/b21-19-,24-23-,46-44?. The largest absolute Gasteiger partial charge is 0.277 e. The summed E-state index contributed by atoms with van der Waals surface area (Å²) in [5.41, 5.74) is 8.85. The molecule has 0 N–H and O–H groups in total. The zero-order valence-corrected chi connectivity index (χ0v) is 29.0. The Kier molecular flexibility index (Phi) is 9.42. The molecule has 0 saturated heterocycles. The molecule has 0 bridgehead atoms. The minimum Gasteiger partial charge on any atom is -0.259 e. The summed E-state index contributed by atoms with van der Waals surface area (Å²) < 4.78 is 0. The van der Waals surface area contributed by atoms with Gasteiger partial charge in [-0.15, -0.1) is 0 Å². The molecule has 7 nitrogen and oxygen atoms in total. The number of rotatable bonds is 10. The topological polar surface area (TPSA) is 98.6 Å². The number of hydrogen-bond donors (Lipinski definition) is 0. The van der Waals surface area contributed by atoms with Gasteiger partial charge in [0.2, 0.25) is 0 Å². The molecule has 2 aliphatic rings. The van der Waals surface area contributed by atoms with Gasteiger partial charge in [0, 0.05) is 23.3 Å². The van der Waals surface area contributed by atoms with Crippen molar-refractivity contribution < 1.29 is 9.85 Å². The van der Waals surface area contributed by atoms with E-state index in [2.05, 4.69) is 31.2 Å². The van der Waals surface area contributed by atoms with Gasteiger partial charge in [0.05, 0.1) is 32.2 Å². The van der Waals surface area contributed by atoms with E-state index < -0.39 is 5.41 Å². The van der Waals surface area contributed by atoms with Crippen LogP contribution in [0.4, 0.5) is 11.4 Å². The Bertz CT molecular complexity index is 2340. The zero-order chi connectivity index (χ0) is 36.2. The molecule has 256 valence electrons. The maximum Gasteiger partial charge on any atom is 0.277 e. The molecule has 2 aliphatic carbocycles. The predicted octanol–water partition coefficient (Wildman–Crippen LogP) is 11.1. The van der Waals surface area contributed by atoms with Crippen LogP contribution in [0.1, 0.15) is 64.8 Å². The summed E-state index contributed by atoms with van der Waals surface area (Å²) in [6.45, 7) is 3.95. The number of aryl methyl sites for hydroxylation is 1. The number of allylic oxidation sites excluding steroid dienone is 4. The number of benzene rings is 5. The summed E-state index contributed by atoms with van der Waals surface area (Å²) in [5.74, 6) is 0. The number of aliphatic imine (C=N–C) groups is 1. The monoisotopic (exact) mass is 683 g/mol. The number of nitro benzene ring substituents is 1. The lowest BCUT2D eigenvalue weighted by Crippen LogP contribution is -2.26. The molecule has 0 fully saturated rings. The molecular formula is C45H37N3O4. The molecule has 5 aromatic rings. The molecular weight excluding hydrogens is 647 g/mol. The van der Waals surface area contributed by atoms with E-state index in [9.17, 15) is 20.2 Å². The molecule has 52 heavy (non-hydrogen) atoms. The Morgan fingerprint density at radius 1 is 0.731 bits per heavy atom. The molecule has 0 amide bonds. The SMILES string of the molecule is CCc1cc(Cc2ccccc2)ccc1N=C1C2=C(CC(C)(/C=C\c3ccccc3)C([N+](=O)[O-])=C2)c2cc(/C=C\c3ccccc3)c([N+](=O)[O-])cc21. The Balaban J connectivity index is 1.39. The van der Waals surface area contributed by atoms with Crippen LogP contribution in [0, 0.1) is 25.6 Å². The lowest BCUT2D eigenvalue weighted by atomic mass is 9.74. The molecule has 0 aromatic heterocycles. The Hall–Kier alpha value is -6.47. The van der Waals surface area contributed by atoms with Crippen molar-refractivity contribution >= 4 is 40.9 Å². The fraction of sp³-hybridized carbons (Fsp3) is 0.133. The Morgan fingerprint density at radius 2 is 1.38 bits per heavy atom. The third-order valence-electron chi connectivity index (χ3n) is 9.84. The van der Waals surface area contributed by atoms with Crippen molar-refractivity contribution in [3.05, 3.63) is 209 Å². The van der Waals surface area contributed by atoms with E-state index in [0.717, 1.165) is 51.9 Å². The summed E-state index contributed by atoms with van der Waals surface area (Å²) in [6, 6.07) is 39.2. The fourth-order valence-electron chi connectivity index (χ4n) is 7.09. The quantitative estimate of drug-likeness (QED) is 0.0831. The molecule has 0 saturated carbocycles. The summed E-state index contributed by atoms with van der Waals surface area (Å²) in [5, 5.41) is 25.3. The average Bonchev–Trinajstić information content (AvgIpc) is 3.44. The van der Waals surface area contributed by atoms with Crippen molar-refractivity contribution in [1.29, 1.82) is 0 Å². The molecule has 1 unspecified atom stereocenters. The van der Waals surface area contributed by atoms with Crippen molar-refractivity contribution in [3.8, 4) is 0 Å². The van der Waals surface area contributed by atoms with Gasteiger partial charge in [0.25, 0.3) is 11.4 Å². The number of nitrogens with zero attached hydrogens (tertiary/aromatic N) is 3. The molecule has 0 heterocycles. The second kappa shape index (κ2) is 14.4. The maximum absolute atomic E-state index is 12.8. The minimum absolute atomic E-state index is 0.0477. The molecule has 0 aliphatic heterocycles. The van der Waals surface area contributed by atoms with Crippen molar-refractivity contribution in [1.82, 2.24) is 0 Å². The van der Waals surface area contributed by atoms with Gasteiger partial charge in [-0.2, -0.15) is 0 Å². The van der Waals surface area contributed by atoms with Crippen LogP contribution in [0.5, 0.6) is 0 Å². The molecule has 5 aromatic carbocycles. The highest BCUT2D eigenvalue weighted by atomic mass is 16.6. The summed E-state index contributed by atoms with van der Waals surface area (Å²) in [6.07, 6.45) is 10.9. The van der Waals surface area contributed by atoms with E-state index in [1.165, 1.54) is 5.56 Å². The second-order valence-electron chi connectivity index (χ2n) is 13.4. The zero-order valence-electron chi connectivity index (χ0n) is 29.0.